The number of rotatable bonds is 10. The molecule has 2 bridgehead atoms. The number of hydrogen-bond acceptors (Lipinski definition) is 8. The molecule has 0 spiro atoms. The van der Waals surface area contributed by atoms with Gasteiger partial charge >= 0.3 is 12.1 Å². The van der Waals surface area contributed by atoms with Gasteiger partial charge in [-0.2, -0.15) is 0 Å². The van der Waals surface area contributed by atoms with Crippen molar-refractivity contribution in [2.45, 2.75) is 82.5 Å². The van der Waals surface area contributed by atoms with Gasteiger partial charge in [0.15, 0.2) is 0 Å². The third-order valence-corrected chi connectivity index (χ3v) is 9.18. The molecule has 4 heterocycles. The van der Waals surface area contributed by atoms with Crippen LogP contribution in [0.3, 0.4) is 0 Å². The van der Waals surface area contributed by atoms with Crippen LogP contribution in [0.2, 0.25) is 0 Å². The molecule has 1 aromatic rings. The topological polar surface area (TPSA) is 116 Å². The van der Waals surface area contributed by atoms with Crippen LogP contribution >= 0.6 is 0 Å². The predicted molar refractivity (Wildman–Crippen MR) is 155 cm³/mol. The first-order valence-corrected chi connectivity index (χ1v) is 15.2. The minimum atomic E-state index is -0.872. The Kier molecular flexibility index (Phi) is 9.95. The van der Waals surface area contributed by atoms with E-state index in [1.807, 2.05) is 19.1 Å². The first-order valence-electron chi connectivity index (χ1n) is 15.2. The summed E-state index contributed by atoms with van der Waals surface area (Å²) < 4.78 is 22.5. The summed E-state index contributed by atoms with van der Waals surface area (Å²) >= 11 is 0. The zero-order valence-electron chi connectivity index (χ0n) is 24.7. The van der Waals surface area contributed by atoms with Crippen molar-refractivity contribution in [1.82, 2.24) is 15.2 Å². The van der Waals surface area contributed by atoms with Gasteiger partial charge < -0.3 is 29.2 Å². The Morgan fingerprint density at radius 1 is 1.14 bits per heavy atom. The summed E-state index contributed by atoms with van der Waals surface area (Å²) in [6.07, 6.45) is 14.6. The Bertz CT molecular complexity index is 1150. The molecule has 0 aromatic carbocycles. The van der Waals surface area contributed by atoms with Gasteiger partial charge in [-0.15, -0.1) is 0 Å². The number of alkyl carbamates (subject to hydrolysis) is 1. The first-order chi connectivity index (χ1) is 20.4. The van der Waals surface area contributed by atoms with Crippen LogP contribution < -0.4 is 5.32 Å². The fourth-order valence-corrected chi connectivity index (χ4v) is 6.37. The van der Waals surface area contributed by atoms with Crippen LogP contribution in [0.15, 0.2) is 42.1 Å². The number of nitrogens with one attached hydrogen (secondary N) is 1. The summed E-state index contributed by atoms with van der Waals surface area (Å²) in [6.45, 7) is 4.27. The van der Waals surface area contributed by atoms with Crippen LogP contribution in [0, 0.1) is 5.41 Å². The average molecular weight is 582 g/mol. The molecule has 0 radical (unpaired) electrons. The molecule has 1 N–H and O–H groups in total. The highest BCUT2D eigenvalue weighted by Crippen LogP contribution is 2.43. The molecule has 2 amide bonds. The number of nitrogens with zero attached hydrogens (tertiary/aromatic N) is 2. The molecule has 5 aliphatic rings. The molecule has 3 aliphatic heterocycles. The first kappa shape index (κ1) is 30.2. The molecular formula is C32H43N3O7. The van der Waals surface area contributed by atoms with E-state index in [1.54, 1.807) is 17.2 Å². The number of ether oxygens (including phenoxy) is 4. The minimum absolute atomic E-state index is 0.0211. The van der Waals surface area contributed by atoms with Gasteiger partial charge in [-0.25, -0.2) is 14.6 Å². The van der Waals surface area contributed by atoms with Crippen molar-refractivity contribution < 1.29 is 33.3 Å². The van der Waals surface area contributed by atoms with Crippen molar-refractivity contribution >= 4 is 18.0 Å². The SMILES string of the molecule is COC(=O)c1ccc(C2CCN(C(=O)[C@@H](NC(=O)OCC3=CCCC=C3)[C@@H](C)OCC34CCC(CC3)OC4)CC2)cn1. The largest absolute Gasteiger partial charge is 0.464 e. The molecule has 10 nitrogen and oxygen atoms in total. The Balaban J connectivity index is 1.20. The van der Waals surface area contributed by atoms with Crippen molar-refractivity contribution in [3.8, 4) is 0 Å². The number of amides is 2. The van der Waals surface area contributed by atoms with Crippen molar-refractivity contribution in [1.29, 1.82) is 0 Å². The second-order valence-corrected chi connectivity index (χ2v) is 12.1. The van der Waals surface area contributed by atoms with E-state index >= 15 is 0 Å². The van der Waals surface area contributed by atoms with E-state index in [4.69, 9.17) is 18.9 Å². The van der Waals surface area contributed by atoms with Crippen LogP contribution in [-0.2, 0) is 23.7 Å². The summed E-state index contributed by atoms with van der Waals surface area (Å²) in [7, 11) is 1.33. The predicted octanol–water partition coefficient (Wildman–Crippen LogP) is 4.31. The van der Waals surface area contributed by atoms with E-state index < -0.39 is 24.2 Å². The molecule has 4 fully saturated rings. The van der Waals surface area contributed by atoms with E-state index in [0.717, 1.165) is 62.5 Å². The van der Waals surface area contributed by atoms with Crippen LogP contribution in [0.25, 0.3) is 0 Å². The number of methoxy groups -OCH3 is 1. The van der Waals surface area contributed by atoms with E-state index in [-0.39, 0.29) is 29.5 Å². The molecule has 228 valence electrons. The fraction of sp³-hybridized carbons (Fsp3) is 0.625. The fourth-order valence-electron chi connectivity index (χ4n) is 6.37. The van der Waals surface area contributed by atoms with Crippen LogP contribution in [0.5, 0.6) is 0 Å². The lowest BCUT2D eigenvalue weighted by molar-refractivity contribution is -0.156. The number of hydrogen-bond donors (Lipinski definition) is 1. The third kappa shape index (κ3) is 7.39. The Morgan fingerprint density at radius 3 is 2.55 bits per heavy atom. The number of piperidine rings is 1. The second-order valence-electron chi connectivity index (χ2n) is 12.1. The van der Waals surface area contributed by atoms with Gasteiger partial charge in [0.05, 0.1) is 32.5 Å². The Morgan fingerprint density at radius 2 is 1.93 bits per heavy atom. The van der Waals surface area contributed by atoms with Crippen molar-refractivity contribution in [2.75, 3.05) is 40.0 Å². The molecule has 10 heteroatoms. The monoisotopic (exact) mass is 581 g/mol. The van der Waals surface area contributed by atoms with Gasteiger partial charge in [-0.1, -0.05) is 24.3 Å². The lowest BCUT2D eigenvalue weighted by atomic mass is 9.72. The lowest BCUT2D eigenvalue weighted by Crippen LogP contribution is -2.56. The summed E-state index contributed by atoms with van der Waals surface area (Å²) in [5.41, 5.74) is 2.23. The van der Waals surface area contributed by atoms with Gasteiger partial charge in [0.2, 0.25) is 5.91 Å². The second kappa shape index (κ2) is 13.8. The van der Waals surface area contributed by atoms with Gasteiger partial charge in [0, 0.05) is 24.7 Å². The molecule has 6 rings (SSSR count). The van der Waals surface area contributed by atoms with E-state index in [1.165, 1.54) is 7.11 Å². The molecule has 2 atom stereocenters. The molecule has 42 heavy (non-hydrogen) atoms. The summed E-state index contributed by atoms with van der Waals surface area (Å²) in [5.74, 6) is -0.420. The highest BCUT2D eigenvalue weighted by atomic mass is 16.6. The average Bonchev–Trinajstić information content (AvgIpc) is 3.06. The number of carbonyl (C=O) groups is 3. The quantitative estimate of drug-likeness (QED) is 0.407. The smallest absolute Gasteiger partial charge is 0.408 e. The molecule has 1 aromatic heterocycles. The van der Waals surface area contributed by atoms with Crippen LogP contribution in [0.1, 0.15) is 80.3 Å². The zero-order chi connectivity index (χ0) is 29.5. The summed E-state index contributed by atoms with van der Waals surface area (Å²) in [5, 5.41) is 2.83. The zero-order valence-corrected chi connectivity index (χ0v) is 24.7. The van der Waals surface area contributed by atoms with Gasteiger partial charge in [0.1, 0.15) is 18.3 Å². The number of allylic oxidation sites excluding steroid dienone is 2. The maximum Gasteiger partial charge on any atom is 0.408 e. The summed E-state index contributed by atoms with van der Waals surface area (Å²) in [6, 6.07) is 2.70. The van der Waals surface area contributed by atoms with Crippen molar-refractivity contribution in [3.05, 3.63) is 53.4 Å². The number of esters is 1. The van der Waals surface area contributed by atoms with E-state index in [2.05, 4.69) is 22.5 Å². The summed E-state index contributed by atoms with van der Waals surface area (Å²) in [4.78, 5) is 44.5. The van der Waals surface area contributed by atoms with Crippen molar-refractivity contribution in [3.63, 3.8) is 0 Å². The number of likely N-dealkylation sites (tertiary alicyclic amines) is 1. The van der Waals surface area contributed by atoms with E-state index in [0.29, 0.717) is 32.4 Å². The van der Waals surface area contributed by atoms with Crippen LogP contribution in [0.4, 0.5) is 4.79 Å². The third-order valence-electron chi connectivity index (χ3n) is 9.18. The maximum absolute atomic E-state index is 13.9. The minimum Gasteiger partial charge on any atom is -0.464 e. The number of aromatic nitrogens is 1. The highest BCUT2D eigenvalue weighted by Gasteiger charge is 2.43. The molecule has 2 aliphatic carbocycles. The molecule has 0 unspecified atom stereocenters. The van der Waals surface area contributed by atoms with Crippen molar-refractivity contribution in [2.24, 2.45) is 5.41 Å². The highest BCUT2D eigenvalue weighted by molar-refractivity contribution is 5.87. The van der Waals surface area contributed by atoms with Gasteiger partial charge in [-0.3, -0.25) is 4.79 Å². The van der Waals surface area contributed by atoms with Gasteiger partial charge in [-0.05, 0) is 81.4 Å². The lowest BCUT2D eigenvalue weighted by Gasteiger charge is -2.46. The standard InChI is InChI=1S/C32H43N3O7/c1-22(41-20-32-14-10-26(11-15-32)42-21-32)28(34-31(38)40-19-23-6-4-3-5-7-23)29(36)35-16-12-24(13-17-35)25-8-9-27(33-18-25)30(37)39-2/h4,6-9,18,22,24,26,28H,3,5,10-17,19-21H2,1-2H3,(H,34,38)/t22-,26?,28+,32?/m1/s1. The molecule has 1 saturated carbocycles. The van der Waals surface area contributed by atoms with Gasteiger partial charge in [0.25, 0.3) is 0 Å². The number of carbonyl (C=O) groups excluding carboxylic acids is 3. The normalized spacial score (nSPS) is 25.3. The Labute approximate surface area is 247 Å². The Hall–Kier alpha value is -3.24. The maximum atomic E-state index is 13.9. The number of pyridine rings is 1. The molecular weight excluding hydrogens is 538 g/mol. The van der Waals surface area contributed by atoms with Crippen LogP contribution in [-0.4, -0.2) is 86.1 Å². The number of fused-ring (bicyclic) bond motifs is 3. The molecule has 3 saturated heterocycles. The van der Waals surface area contributed by atoms with E-state index in [9.17, 15) is 14.4 Å².